The van der Waals surface area contributed by atoms with Crippen molar-refractivity contribution in [1.29, 1.82) is 0 Å². The topological polar surface area (TPSA) is 68.7 Å². The average Bonchev–Trinajstić information content (AvgIpc) is 2.90. The van der Waals surface area contributed by atoms with Crippen LogP contribution in [0.1, 0.15) is 35.2 Å². The fourth-order valence-electron chi connectivity index (χ4n) is 4.61. The predicted molar refractivity (Wildman–Crippen MR) is 137 cm³/mol. The Kier molecular flexibility index (Phi) is 8.03. The van der Waals surface area contributed by atoms with Gasteiger partial charge in [0.05, 0.1) is 12.6 Å². The van der Waals surface area contributed by atoms with Gasteiger partial charge in [0.25, 0.3) is 0 Å². The second-order valence-corrected chi connectivity index (χ2v) is 9.16. The zero-order chi connectivity index (χ0) is 24.8. The summed E-state index contributed by atoms with van der Waals surface area (Å²) < 4.78 is 10.8. The van der Waals surface area contributed by atoms with Crippen LogP contribution in [0, 0.1) is 11.8 Å². The number of hydrogen-bond donors (Lipinski definition) is 0. The number of rotatable bonds is 8. The van der Waals surface area contributed by atoms with Crippen molar-refractivity contribution in [3.8, 4) is 5.75 Å². The molecular formula is C28H29ClN2O4. The molecule has 1 aromatic heterocycles. The minimum Gasteiger partial charge on any atom is -0.497 e. The van der Waals surface area contributed by atoms with E-state index >= 15 is 0 Å². The van der Waals surface area contributed by atoms with Crippen LogP contribution in [0.25, 0.3) is 10.9 Å². The van der Waals surface area contributed by atoms with Gasteiger partial charge in [-0.3, -0.25) is 4.79 Å². The van der Waals surface area contributed by atoms with Gasteiger partial charge in [0.2, 0.25) is 0 Å². The van der Waals surface area contributed by atoms with Crippen LogP contribution in [0.2, 0.25) is 5.15 Å². The van der Waals surface area contributed by atoms with E-state index in [2.05, 4.69) is 11.6 Å². The van der Waals surface area contributed by atoms with E-state index in [0.717, 1.165) is 17.4 Å². The Balaban J connectivity index is 1.37. The number of piperidine rings is 1. The number of pyridine rings is 1. The number of hydrogen-bond acceptors (Lipinski definition) is 5. The van der Waals surface area contributed by atoms with Crippen molar-refractivity contribution in [2.75, 3.05) is 20.2 Å². The lowest BCUT2D eigenvalue weighted by Crippen LogP contribution is -2.43. The molecule has 0 spiro atoms. The van der Waals surface area contributed by atoms with Crippen molar-refractivity contribution in [3.05, 3.63) is 83.5 Å². The van der Waals surface area contributed by atoms with Gasteiger partial charge in [-0.05, 0) is 54.5 Å². The van der Waals surface area contributed by atoms with Gasteiger partial charge in [-0.25, -0.2) is 9.78 Å². The number of nitrogens with zero attached hydrogens (tertiary/aromatic N) is 2. The third-order valence-electron chi connectivity index (χ3n) is 6.60. The van der Waals surface area contributed by atoms with E-state index in [0.29, 0.717) is 42.8 Å². The molecular weight excluding hydrogens is 464 g/mol. The first-order chi connectivity index (χ1) is 17.0. The summed E-state index contributed by atoms with van der Waals surface area (Å²) in [6.07, 6.45) is 3.43. The first-order valence-corrected chi connectivity index (χ1v) is 12.1. The van der Waals surface area contributed by atoms with Gasteiger partial charge in [-0.2, -0.15) is 0 Å². The predicted octanol–water partition coefficient (Wildman–Crippen LogP) is 6.32. The highest BCUT2D eigenvalue weighted by Crippen LogP contribution is 2.31. The van der Waals surface area contributed by atoms with Gasteiger partial charge < -0.3 is 14.4 Å². The largest absolute Gasteiger partial charge is 0.497 e. The second kappa shape index (κ2) is 11.4. The number of carbonyl (C=O) groups excluding carboxylic acids is 2. The number of methoxy groups -OCH3 is 1. The number of benzene rings is 2. The molecule has 6 nitrogen and oxygen atoms in total. The molecule has 1 saturated heterocycles. The lowest BCUT2D eigenvalue weighted by Gasteiger charge is -2.36. The summed E-state index contributed by atoms with van der Waals surface area (Å²) >= 11 is 6.19. The molecule has 2 atom stereocenters. The van der Waals surface area contributed by atoms with Gasteiger partial charge in [-0.1, -0.05) is 48.0 Å². The van der Waals surface area contributed by atoms with Crippen molar-refractivity contribution in [1.82, 2.24) is 9.88 Å². The van der Waals surface area contributed by atoms with E-state index in [1.165, 1.54) is 0 Å². The molecule has 2 heterocycles. The number of halogens is 1. The van der Waals surface area contributed by atoms with Crippen LogP contribution < -0.4 is 4.74 Å². The number of aromatic nitrogens is 1. The molecule has 182 valence electrons. The zero-order valence-corrected chi connectivity index (χ0v) is 20.5. The number of amides is 1. The summed E-state index contributed by atoms with van der Waals surface area (Å²) in [4.78, 5) is 31.8. The van der Waals surface area contributed by atoms with Crippen LogP contribution in [0.4, 0.5) is 4.79 Å². The van der Waals surface area contributed by atoms with Crippen molar-refractivity contribution in [2.24, 2.45) is 11.8 Å². The van der Waals surface area contributed by atoms with Crippen LogP contribution in [0.15, 0.2) is 67.3 Å². The van der Waals surface area contributed by atoms with Gasteiger partial charge in [-0.15, -0.1) is 6.58 Å². The molecule has 3 aromatic rings. The van der Waals surface area contributed by atoms with Gasteiger partial charge in [0.15, 0.2) is 5.78 Å². The quantitative estimate of drug-likeness (QED) is 0.209. The number of ether oxygens (including phenoxy) is 2. The lowest BCUT2D eigenvalue weighted by molar-refractivity contribution is 0.0694. The highest BCUT2D eigenvalue weighted by molar-refractivity contribution is 6.30. The minimum atomic E-state index is -0.318. The van der Waals surface area contributed by atoms with E-state index in [1.807, 2.05) is 42.5 Å². The molecule has 0 N–H and O–H groups in total. The molecule has 1 amide bonds. The summed E-state index contributed by atoms with van der Waals surface area (Å²) in [5, 5.41) is 1.02. The maximum absolute atomic E-state index is 13.2. The molecule has 0 bridgehead atoms. The average molecular weight is 493 g/mol. The Hall–Kier alpha value is -3.38. The van der Waals surface area contributed by atoms with Crippen LogP contribution in [-0.2, 0) is 11.3 Å². The van der Waals surface area contributed by atoms with Crippen molar-refractivity contribution >= 4 is 34.4 Å². The van der Waals surface area contributed by atoms with Crippen molar-refractivity contribution < 1.29 is 19.1 Å². The Morgan fingerprint density at radius 1 is 1.20 bits per heavy atom. The highest BCUT2D eigenvalue weighted by Gasteiger charge is 2.31. The molecule has 1 fully saturated rings. The van der Waals surface area contributed by atoms with E-state index in [-0.39, 0.29) is 35.5 Å². The summed E-state index contributed by atoms with van der Waals surface area (Å²) in [7, 11) is 1.59. The molecule has 0 aliphatic carbocycles. The van der Waals surface area contributed by atoms with Gasteiger partial charge >= 0.3 is 6.09 Å². The van der Waals surface area contributed by atoms with E-state index < -0.39 is 0 Å². The summed E-state index contributed by atoms with van der Waals surface area (Å²) in [5.74, 6) is 1.03. The number of carbonyl (C=O) groups is 2. The molecule has 0 radical (unpaired) electrons. The molecule has 1 aliphatic rings. The fourth-order valence-corrected chi connectivity index (χ4v) is 4.81. The lowest BCUT2D eigenvalue weighted by atomic mass is 9.81. The SMILES string of the molecule is C=C[C@H]1CN(C(=O)OCc2ccccc2)CC[C@H]1CCC(=O)c1cc(Cl)nc2ccc(OC)cc12. The van der Waals surface area contributed by atoms with Gasteiger partial charge in [0, 0.05) is 30.5 Å². The summed E-state index contributed by atoms with van der Waals surface area (Å²) in [6.45, 7) is 5.36. The van der Waals surface area contributed by atoms with Crippen LogP contribution in [0.3, 0.4) is 0 Å². The third kappa shape index (κ3) is 6.01. The second-order valence-electron chi connectivity index (χ2n) is 8.77. The summed E-state index contributed by atoms with van der Waals surface area (Å²) in [5.41, 5.74) is 2.17. The van der Waals surface area contributed by atoms with Crippen LogP contribution in [-0.4, -0.2) is 42.0 Å². The van der Waals surface area contributed by atoms with Crippen LogP contribution in [0.5, 0.6) is 5.75 Å². The molecule has 2 aromatic carbocycles. The maximum atomic E-state index is 13.2. The van der Waals surface area contributed by atoms with Crippen molar-refractivity contribution in [3.63, 3.8) is 0 Å². The number of likely N-dealkylation sites (tertiary alicyclic amines) is 1. The molecule has 35 heavy (non-hydrogen) atoms. The normalized spacial score (nSPS) is 17.7. The Morgan fingerprint density at radius 3 is 2.74 bits per heavy atom. The van der Waals surface area contributed by atoms with E-state index in [1.54, 1.807) is 30.2 Å². The smallest absolute Gasteiger partial charge is 0.410 e. The highest BCUT2D eigenvalue weighted by atomic mass is 35.5. The summed E-state index contributed by atoms with van der Waals surface area (Å²) in [6, 6.07) is 16.7. The zero-order valence-electron chi connectivity index (χ0n) is 19.8. The van der Waals surface area contributed by atoms with Crippen LogP contribution >= 0.6 is 11.6 Å². The van der Waals surface area contributed by atoms with E-state index in [9.17, 15) is 9.59 Å². The molecule has 4 rings (SSSR count). The standard InChI is InChI=1S/C28H29ClN2O4/c1-3-20-17-31(28(33)35-18-19-7-5-4-6-8-19)14-13-21(20)9-12-26(32)24-16-27(29)30-25-11-10-22(34-2)15-23(24)25/h3-8,10-11,15-16,20-21H,1,9,12-14,17-18H2,2H3/t20-,21+/m0/s1. The minimum absolute atomic E-state index is 0.0139. The first-order valence-electron chi connectivity index (χ1n) is 11.7. The molecule has 1 aliphatic heterocycles. The van der Waals surface area contributed by atoms with E-state index in [4.69, 9.17) is 21.1 Å². The fraction of sp³-hybridized carbons (Fsp3) is 0.321. The Labute approximate surface area is 210 Å². The number of ketones is 1. The van der Waals surface area contributed by atoms with Gasteiger partial charge in [0.1, 0.15) is 17.5 Å². The number of fused-ring (bicyclic) bond motifs is 1. The maximum Gasteiger partial charge on any atom is 0.410 e. The molecule has 0 unspecified atom stereocenters. The molecule has 7 heteroatoms. The first kappa shape index (κ1) is 24.7. The third-order valence-corrected chi connectivity index (χ3v) is 6.79. The molecule has 0 saturated carbocycles. The van der Waals surface area contributed by atoms with Crippen molar-refractivity contribution in [2.45, 2.75) is 25.9 Å². The number of Topliss-reactive ketones (excluding diaryl/α,β-unsaturated/α-hetero) is 1. The Morgan fingerprint density at radius 2 is 2.00 bits per heavy atom. The monoisotopic (exact) mass is 492 g/mol. The Bertz CT molecular complexity index is 1210.